The molecule has 51 heavy (non-hydrogen) atoms. The van der Waals surface area contributed by atoms with Crippen LogP contribution in [0, 0.1) is 0 Å². The van der Waals surface area contributed by atoms with E-state index < -0.39 is 0 Å². The van der Waals surface area contributed by atoms with Gasteiger partial charge in [-0.1, -0.05) is 36.4 Å². The zero-order valence-corrected chi connectivity index (χ0v) is 28.3. The Morgan fingerprint density at radius 2 is 0.569 bits per heavy atom. The molecule has 0 fully saturated rings. The van der Waals surface area contributed by atoms with Gasteiger partial charge in [-0.25, -0.2) is 0 Å². The van der Waals surface area contributed by atoms with Crippen LogP contribution < -0.4 is 28.4 Å². The molecule has 3 N–H and O–H groups in total. The second-order valence-corrected chi connectivity index (χ2v) is 12.1. The molecule has 1 aliphatic carbocycles. The molecule has 0 heterocycles. The summed E-state index contributed by atoms with van der Waals surface area (Å²) in [5.41, 5.74) is 5.84. The predicted molar refractivity (Wildman–Crippen MR) is 192 cm³/mol. The van der Waals surface area contributed by atoms with E-state index in [9.17, 15) is 15.3 Å². The summed E-state index contributed by atoms with van der Waals surface area (Å²) in [5.74, 6) is 3.78. The van der Waals surface area contributed by atoms with E-state index in [1.54, 1.807) is 94.1 Å². The van der Waals surface area contributed by atoms with E-state index >= 15 is 0 Å². The van der Waals surface area contributed by atoms with Crippen molar-refractivity contribution in [3.63, 3.8) is 0 Å². The summed E-state index contributed by atoms with van der Waals surface area (Å²) in [4.78, 5) is 0. The maximum absolute atomic E-state index is 10.5. The number of ether oxygens (including phenoxy) is 6. The predicted octanol–water partition coefficient (Wildman–Crippen LogP) is 9.29. The van der Waals surface area contributed by atoms with Crippen molar-refractivity contribution in [2.75, 3.05) is 21.3 Å². The molecule has 258 valence electrons. The van der Waals surface area contributed by atoms with Gasteiger partial charge in [0.05, 0.1) is 21.3 Å². The van der Waals surface area contributed by atoms with Crippen molar-refractivity contribution in [2.24, 2.45) is 0 Å². The Morgan fingerprint density at radius 3 is 0.804 bits per heavy atom. The number of aromatic hydroxyl groups is 3. The van der Waals surface area contributed by atoms with Gasteiger partial charge in [-0.05, 0) is 125 Å². The SMILES string of the molecule is COc1cc2c(cc1Oc1ccccc1O)Cc1cc(OC)c(Oc3ccccc3O)cc1Cc1cc(OC)c(Oc3ccccc3O)cc1C2. The molecule has 0 aliphatic heterocycles. The smallest absolute Gasteiger partial charge is 0.169 e. The molecule has 9 heteroatoms. The Kier molecular flexibility index (Phi) is 9.18. The maximum atomic E-state index is 10.5. The van der Waals surface area contributed by atoms with Crippen molar-refractivity contribution in [1.29, 1.82) is 0 Å². The summed E-state index contributed by atoms with van der Waals surface area (Å²) in [6.45, 7) is 0. The van der Waals surface area contributed by atoms with Crippen molar-refractivity contribution < 1.29 is 43.7 Å². The van der Waals surface area contributed by atoms with E-state index in [1.165, 1.54) is 0 Å². The molecule has 0 radical (unpaired) electrons. The summed E-state index contributed by atoms with van der Waals surface area (Å²) in [7, 11) is 4.74. The molecule has 0 aromatic heterocycles. The lowest BCUT2D eigenvalue weighted by molar-refractivity contribution is 0.365. The van der Waals surface area contributed by atoms with Crippen LogP contribution >= 0.6 is 0 Å². The zero-order chi connectivity index (χ0) is 35.5. The number of phenols is 3. The normalized spacial score (nSPS) is 11.8. The van der Waals surface area contributed by atoms with Crippen molar-refractivity contribution in [1.82, 2.24) is 0 Å². The summed E-state index contributed by atoms with van der Waals surface area (Å²) in [5, 5.41) is 31.5. The topological polar surface area (TPSA) is 116 Å². The standard InChI is InChI=1S/C42H36O9/c1-46-37-19-25-16-29-23-41(50-35-14-8-5-11-32(35)44)39(48-3)21-27(29)18-30-24-42(51-36-15-9-6-12-33(36)45)38(47-2)20-26(30)17-28(25)22-40(37)49-34-13-7-4-10-31(34)43/h4-15,19-24,43-45H,16-18H2,1-3H3. The molecule has 6 aromatic carbocycles. The van der Waals surface area contributed by atoms with Gasteiger partial charge in [-0.3, -0.25) is 0 Å². The highest BCUT2D eigenvalue weighted by atomic mass is 16.5. The van der Waals surface area contributed by atoms with Crippen LogP contribution in [0.1, 0.15) is 33.4 Å². The molecule has 0 atom stereocenters. The van der Waals surface area contributed by atoms with Gasteiger partial charge in [0.25, 0.3) is 0 Å². The van der Waals surface area contributed by atoms with E-state index in [-0.39, 0.29) is 17.2 Å². The van der Waals surface area contributed by atoms with Gasteiger partial charge in [0, 0.05) is 0 Å². The number of hydrogen-bond acceptors (Lipinski definition) is 9. The third-order valence-corrected chi connectivity index (χ3v) is 8.86. The lowest BCUT2D eigenvalue weighted by atomic mass is 9.94. The van der Waals surface area contributed by atoms with Crippen molar-refractivity contribution >= 4 is 0 Å². The zero-order valence-electron chi connectivity index (χ0n) is 28.3. The van der Waals surface area contributed by atoms with Crippen LogP contribution in [0.2, 0.25) is 0 Å². The van der Waals surface area contributed by atoms with Gasteiger partial charge in [0.1, 0.15) is 0 Å². The average molecular weight is 685 g/mol. The van der Waals surface area contributed by atoms with Crippen LogP contribution in [0.4, 0.5) is 0 Å². The summed E-state index contributed by atoms with van der Waals surface area (Å²) >= 11 is 0. The molecule has 7 rings (SSSR count). The summed E-state index contributed by atoms with van der Waals surface area (Å²) in [6.07, 6.45) is 1.52. The second kappa shape index (κ2) is 14.2. The number of methoxy groups -OCH3 is 3. The first-order valence-corrected chi connectivity index (χ1v) is 16.3. The minimum absolute atomic E-state index is 0.00928. The Morgan fingerprint density at radius 1 is 0.333 bits per heavy atom. The van der Waals surface area contributed by atoms with Gasteiger partial charge >= 0.3 is 0 Å². The lowest BCUT2D eigenvalue weighted by Gasteiger charge is -2.18. The first-order chi connectivity index (χ1) is 24.8. The minimum Gasteiger partial charge on any atom is -0.504 e. The number of hydrogen-bond donors (Lipinski definition) is 3. The van der Waals surface area contributed by atoms with Crippen molar-refractivity contribution in [2.45, 2.75) is 19.3 Å². The lowest BCUT2D eigenvalue weighted by Crippen LogP contribution is -2.02. The Bertz CT molecular complexity index is 1980. The third-order valence-electron chi connectivity index (χ3n) is 8.86. The number of para-hydroxylation sites is 6. The molecule has 0 saturated carbocycles. The highest BCUT2D eigenvalue weighted by Crippen LogP contribution is 2.45. The van der Waals surface area contributed by atoms with Crippen molar-refractivity contribution in [3.05, 3.63) is 143 Å². The first kappa shape index (κ1) is 33.0. The molecular formula is C42H36O9. The molecule has 1 aliphatic rings. The van der Waals surface area contributed by atoms with Crippen LogP contribution in [0.15, 0.2) is 109 Å². The van der Waals surface area contributed by atoms with E-state index in [2.05, 4.69) is 0 Å². The van der Waals surface area contributed by atoms with Gasteiger partial charge in [-0.15, -0.1) is 0 Å². The molecule has 0 unspecified atom stereocenters. The molecule has 9 nitrogen and oxygen atoms in total. The Balaban J connectivity index is 1.40. The fourth-order valence-electron chi connectivity index (χ4n) is 6.24. The van der Waals surface area contributed by atoms with Gasteiger partial charge in [0.2, 0.25) is 0 Å². The molecule has 0 amide bonds. The highest BCUT2D eigenvalue weighted by molar-refractivity contribution is 5.60. The largest absolute Gasteiger partial charge is 0.504 e. The maximum Gasteiger partial charge on any atom is 0.169 e. The first-order valence-electron chi connectivity index (χ1n) is 16.3. The minimum atomic E-state index is 0.00928. The van der Waals surface area contributed by atoms with E-state index in [1.807, 2.05) is 36.4 Å². The van der Waals surface area contributed by atoms with Gasteiger partial charge in [0.15, 0.2) is 69.0 Å². The monoisotopic (exact) mass is 684 g/mol. The van der Waals surface area contributed by atoms with E-state index in [4.69, 9.17) is 28.4 Å². The highest BCUT2D eigenvalue weighted by Gasteiger charge is 2.24. The Labute approximate surface area is 295 Å². The van der Waals surface area contributed by atoms with Crippen LogP contribution in [-0.4, -0.2) is 36.6 Å². The third kappa shape index (κ3) is 6.87. The van der Waals surface area contributed by atoms with Crippen LogP contribution in [0.3, 0.4) is 0 Å². The quantitative estimate of drug-likeness (QED) is 0.137. The fraction of sp³-hybridized carbons (Fsp3) is 0.143. The number of benzene rings is 6. The molecule has 0 spiro atoms. The Hall–Kier alpha value is -6.48. The number of rotatable bonds is 9. The molecule has 0 bridgehead atoms. The second-order valence-electron chi connectivity index (χ2n) is 12.1. The van der Waals surface area contributed by atoms with Crippen molar-refractivity contribution in [3.8, 4) is 69.0 Å². The summed E-state index contributed by atoms with van der Waals surface area (Å²) in [6, 6.07) is 32.0. The summed E-state index contributed by atoms with van der Waals surface area (Å²) < 4.78 is 36.1. The van der Waals surface area contributed by atoms with Crippen LogP contribution in [0.25, 0.3) is 0 Å². The van der Waals surface area contributed by atoms with Crippen LogP contribution in [-0.2, 0) is 19.3 Å². The van der Waals surface area contributed by atoms with Gasteiger partial charge in [-0.2, -0.15) is 0 Å². The van der Waals surface area contributed by atoms with Gasteiger partial charge < -0.3 is 43.7 Å². The number of fused-ring (bicyclic) bond motifs is 3. The molecule has 0 saturated heterocycles. The fourth-order valence-corrected chi connectivity index (χ4v) is 6.24. The van der Waals surface area contributed by atoms with E-state index in [0.717, 1.165) is 33.4 Å². The van der Waals surface area contributed by atoms with Crippen LogP contribution in [0.5, 0.6) is 69.0 Å². The molecule has 6 aromatic rings. The molecular weight excluding hydrogens is 648 g/mol. The average Bonchev–Trinajstić information content (AvgIpc) is 3.19. The van der Waals surface area contributed by atoms with E-state index in [0.29, 0.717) is 71.0 Å². The number of phenolic OH excluding ortho intramolecular Hbond substituents is 3.